The minimum absolute atomic E-state index is 0.202. The van der Waals surface area contributed by atoms with E-state index < -0.39 is 0 Å². The lowest BCUT2D eigenvalue weighted by Gasteiger charge is -2.31. The van der Waals surface area contributed by atoms with Crippen LogP contribution in [0.2, 0.25) is 0 Å². The zero-order chi connectivity index (χ0) is 13.7. The first-order valence-electron chi connectivity index (χ1n) is 6.93. The number of carbonyl (C=O) groups is 1. The highest BCUT2D eigenvalue weighted by molar-refractivity contribution is 5.73. The summed E-state index contributed by atoms with van der Waals surface area (Å²) in [6, 6.07) is 1.96. The summed E-state index contributed by atoms with van der Waals surface area (Å²) in [7, 11) is 0. The van der Waals surface area contributed by atoms with E-state index in [9.17, 15) is 4.79 Å². The van der Waals surface area contributed by atoms with Crippen LogP contribution in [0.15, 0.2) is 12.4 Å². The normalized spacial score (nSPS) is 16.4. The molecule has 0 aromatic carbocycles. The second-order valence-corrected chi connectivity index (χ2v) is 5.21. The Hall–Kier alpha value is -1.65. The van der Waals surface area contributed by atoms with Gasteiger partial charge in [0.05, 0.1) is 0 Å². The van der Waals surface area contributed by atoms with Crippen molar-refractivity contribution in [1.82, 2.24) is 14.9 Å². The number of likely N-dealkylation sites (tertiary alicyclic amines) is 1. The summed E-state index contributed by atoms with van der Waals surface area (Å²) >= 11 is 0. The molecule has 0 saturated carbocycles. The van der Waals surface area contributed by atoms with Crippen molar-refractivity contribution in [2.75, 3.05) is 25.0 Å². The van der Waals surface area contributed by atoms with Gasteiger partial charge in [0.25, 0.3) is 0 Å². The molecule has 0 atom stereocenters. The van der Waals surface area contributed by atoms with Crippen molar-refractivity contribution >= 4 is 11.7 Å². The summed E-state index contributed by atoms with van der Waals surface area (Å²) in [5.41, 5.74) is 0.979. The van der Waals surface area contributed by atoms with Crippen LogP contribution in [0.4, 0.5) is 5.82 Å². The Labute approximate surface area is 114 Å². The van der Waals surface area contributed by atoms with Crippen LogP contribution in [0.1, 0.15) is 31.9 Å². The van der Waals surface area contributed by atoms with Gasteiger partial charge in [0, 0.05) is 38.3 Å². The minimum atomic E-state index is 0.202. The lowest BCUT2D eigenvalue weighted by atomic mass is 9.93. The number of aryl methyl sites for hydroxylation is 1. The fourth-order valence-electron chi connectivity index (χ4n) is 2.49. The molecule has 2 rings (SSSR count). The van der Waals surface area contributed by atoms with Crippen LogP contribution in [0, 0.1) is 12.8 Å². The molecule has 0 radical (unpaired) electrons. The first kappa shape index (κ1) is 13.8. The topological polar surface area (TPSA) is 58.1 Å². The Bertz CT molecular complexity index is 427. The molecule has 1 aromatic heterocycles. The van der Waals surface area contributed by atoms with Crippen molar-refractivity contribution in [1.29, 1.82) is 0 Å². The molecule has 19 heavy (non-hydrogen) atoms. The highest BCUT2D eigenvalue weighted by Crippen LogP contribution is 2.20. The summed E-state index contributed by atoms with van der Waals surface area (Å²) in [6.45, 7) is 6.37. The quantitative estimate of drug-likeness (QED) is 0.899. The maximum Gasteiger partial charge on any atom is 0.219 e. The van der Waals surface area contributed by atoms with Gasteiger partial charge in [0.1, 0.15) is 12.1 Å². The van der Waals surface area contributed by atoms with Crippen LogP contribution in [-0.2, 0) is 4.79 Å². The smallest absolute Gasteiger partial charge is 0.219 e. The van der Waals surface area contributed by atoms with Gasteiger partial charge in [-0.3, -0.25) is 4.79 Å². The van der Waals surface area contributed by atoms with Gasteiger partial charge in [-0.1, -0.05) is 0 Å². The molecule has 0 aliphatic carbocycles. The lowest BCUT2D eigenvalue weighted by molar-refractivity contribution is -0.130. The Morgan fingerprint density at radius 2 is 2.16 bits per heavy atom. The van der Waals surface area contributed by atoms with Crippen LogP contribution in [-0.4, -0.2) is 40.4 Å². The van der Waals surface area contributed by atoms with Gasteiger partial charge in [0.2, 0.25) is 5.91 Å². The molecule has 2 heterocycles. The summed E-state index contributed by atoms with van der Waals surface area (Å²) in [5, 5.41) is 3.34. The third-order valence-electron chi connectivity index (χ3n) is 3.72. The van der Waals surface area contributed by atoms with E-state index in [0.29, 0.717) is 5.92 Å². The van der Waals surface area contributed by atoms with Crippen molar-refractivity contribution in [3.8, 4) is 0 Å². The van der Waals surface area contributed by atoms with E-state index in [1.165, 1.54) is 0 Å². The number of hydrogen-bond donors (Lipinski definition) is 1. The summed E-state index contributed by atoms with van der Waals surface area (Å²) in [5.74, 6) is 1.81. The number of aromatic nitrogens is 2. The van der Waals surface area contributed by atoms with Crippen LogP contribution in [0.25, 0.3) is 0 Å². The maximum atomic E-state index is 11.2. The molecular weight excluding hydrogens is 240 g/mol. The zero-order valence-electron chi connectivity index (χ0n) is 11.7. The number of rotatable bonds is 4. The summed E-state index contributed by atoms with van der Waals surface area (Å²) in [6.07, 6.45) is 4.95. The van der Waals surface area contributed by atoms with E-state index in [1.54, 1.807) is 13.3 Å². The number of amides is 1. The van der Waals surface area contributed by atoms with Gasteiger partial charge < -0.3 is 10.2 Å². The number of carbonyl (C=O) groups excluding carboxylic acids is 1. The molecule has 1 saturated heterocycles. The van der Waals surface area contributed by atoms with Crippen molar-refractivity contribution < 1.29 is 4.79 Å². The van der Waals surface area contributed by atoms with Gasteiger partial charge >= 0.3 is 0 Å². The summed E-state index contributed by atoms with van der Waals surface area (Å²) < 4.78 is 0. The van der Waals surface area contributed by atoms with Gasteiger partial charge in [-0.2, -0.15) is 0 Å². The van der Waals surface area contributed by atoms with Gasteiger partial charge in [0.15, 0.2) is 0 Å². The third-order valence-corrected chi connectivity index (χ3v) is 3.72. The van der Waals surface area contributed by atoms with Gasteiger partial charge in [-0.05, 0) is 32.1 Å². The number of hydrogen-bond acceptors (Lipinski definition) is 4. The molecule has 1 aromatic rings. The van der Waals surface area contributed by atoms with E-state index in [1.807, 2.05) is 17.9 Å². The van der Waals surface area contributed by atoms with Gasteiger partial charge in [-0.25, -0.2) is 9.97 Å². The molecule has 5 nitrogen and oxygen atoms in total. The Kier molecular flexibility index (Phi) is 4.71. The average Bonchev–Trinajstić information content (AvgIpc) is 2.39. The zero-order valence-corrected chi connectivity index (χ0v) is 11.7. The van der Waals surface area contributed by atoms with Crippen molar-refractivity contribution in [2.24, 2.45) is 5.92 Å². The lowest BCUT2D eigenvalue weighted by Crippen LogP contribution is -2.37. The van der Waals surface area contributed by atoms with E-state index in [-0.39, 0.29) is 5.91 Å². The fraction of sp³-hybridized carbons (Fsp3) is 0.643. The van der Waals surface area contributed by atoms with Crippen LogP contribution in [0.5, 0.6) is 0 Å². The molecule has 104 valence electrons. The Morgan fingerprint density at radius 1 is 1.42 bits per heavy atom. The van der Waals surface area contributed by atoms with Crippen molar-refractivity contribution in [2.45, 2.75) is 33.1 Å². The molecule has 5 heteroatoms. The number of nitrogens with one attached hydrogen (secondary N) is 1. The van der Waals surface area contributed by atoms with E-state index in [4.69, 9.17) is 0 Å². The molecule has 0 unspecified atom stereocenters. The monoisotopic (exact) mass is 262 g/mol. The van der Waals surface area contributed by atoms with Crippen LogP contribution in [0.3, 0.4) is 0 Å². The number of anilines is 1. The largest absolute Gasteiger partial charge is 0.370 e. The molecular formula is C14H22N4O. The first-order valence-corrected chi connectivity index (χ1v) is 6.93. The molecule has 0 bridgehead atoms. The first-order chi connectivity index (χ1) is 9.15. The highest BCUT2D eigenvalue weighted by atomic mass is 16.2. The van der Waals surface area contributed by atoms with Crippen LogP contribution >= 0.6 is 0 Å². The Balaban J connectivity index is 1.68. The van der Waals surface area contributed by atoms with Gasteiger partial charge in [-0.15, -0.1) is 0 Å². The van der Waals surface area contributed by atoms with E-state index in [2.05, 4.69) is 15.3 Å². The molecule has 0 spiro atoms. The van der Waals surface area contributed by atoms with Crippen molar-refractivity contribution in [3.05, 3.63) is 18.1 Å². The Morgan fingerprint density at radius 3 is 2.79 bits per heavy atom. The highest BCUT2D eigenvalue weighted by Gasteiger charge is 2.20. The fourth-order valence-corrected chi connectivity index (χ4v) is 2.49. The SMILES string of the molecule is CC(=O)N1CCC(CCNc2cc(C)ncn2)CC1. The van der Waals surface area contributed by atoms with Crippen LogP contribution < -0.4 is 5.32 Å². The van der Waals surface area contributed by atoms with E-state index >= 15 is 0 Å². The third kappa shape index (κ3) is 4.19. The second kappa shape index (κ2) is 6.50. The molecule has 1 fully saturated rings. The van der Waals surface area contributed by atoms with Crippen molar-refractivity contribution in [3.63, 3.8) is 0 Å². The predicted octanol–water partition coefficient (Wildman–Crippen LogP) is 1.85. The standard InChI is InChI=1S/C14H22N4O/c1-11-9-14(17-10-16-11)15-6-3-13-4-7-18(8-5-13)12(2)19/h9-10,13H,3-8H2,1-2H3,(H,15,16,17). The molecule has 1 N–H and O–H groups in total. The average molecular weight is 262 g/mol. The molecule has 1 aliphatic rings. The number of piperidine rings is 1. The maximum absolute atomic E-state index is 11.2. The molecule has 1 aliphatic heterocycles. The second-order valence-electron chi connectivity index (χ2n) is 5.21. The summed E-state index contributed by atoms with van der Waals surface area (Å²) in [4.78, 5) is 21.4. The minimum Gasteiger partial charge on any atom is -0.370 e. The van der Waals surface area contributed by atoms with E-state index in [0.717, 1.165) is 50.4 Å². The number of nitrogens with zero attached hydrogens (tertiary/aromatic N) is 3. The molecule has 1 amide bonds. The predicted molar refractivity (Wildman–Crippen MR) is 74.9 cm³/mol.